The number of rotatable bonds is 18. The van der Waals surface area contributed by atoms with Crippen LogP contribution < -0.4 is 0 Å². The molecule has 198 valence electrons. The third kappa shape index (κ3) is 9.74. The monoisotopic (exact) mass is 551 g/mol. The van der Waals surface area contributed by atoms with Gasteiger partial charge in [0, 0.05) is 25.8 Å². The Balaban J connectivity index is 1.76. The van der Waals surface area contributed by atoms with Crippen LogP contribution in [0.25, 0.3) is 11.1 Å². The molecule has 0 atom stereocenters. The molecule has 2 aromatic heterocycles. The van der Waals surface area contributed by atoms with E-state index >= 15 is 0 Å². The molecule has 0 spiro atoms. The highest BCUT2D eigenvalue weighted by atomic mass is 32.2. The summed E-state index contributed by atoms with van der Waals surface area (Å²) in [5.74, 6) is 0. The first-order chi connectivity index (χ1) is 18.2. The molecule has 0 saturated heterocycles. The lowest BCUT2D eigenvalue weighted by molar-refractivity contribution is 0.112. The molecule has 0 amide bonds. The van der Waals surface area contributed by atoms with Crippen LogP contribution in [0, 0.1) is 11.3 Å². The van der Waals surface area contributed by atoms with Gasteiger partial charge in [-0.05, 0) is 62.1 Å². The summed E-state index contributed by atoms with van der Waals surface area (Å²) >= 11 is 5.30. The molecule has 0 aliphatic heterocycles. The molecule has 0 fully saturated rings. The van der Waals surface area contributed by atoms with Crippen LogP contribution in [0.2, 0.25) is 0 Å². The van der Waals surface area contributed by atoms with Crippen LogP contribution >= 0.6 is 34.4 Å². The summed E-state index contributed by atoms with van der Waals surface area (Å²) in [5.41, 5.74) is 2.98. The highest BCUT2D eigenvalue weighted by Crippen LogP contribution is 2.45. The number of unbranched alkanes of at least 4 members (excludes halogenated alkanes) is 10. The summed E-state index contributed by atoms with van der Waals surface area (Å²) < 4.78 is 1.25. The van der Waals surface area contributed by atoms with Gasteiger partial charge in [0.2, 0.25) is 0 Å². The maximum Gasteiger partial charge on any atom is 0.160 e. The standard InChI is InChI=1S/C32H41NOS3/c1-3-5-7-9-11-13-15-27-21-29(31(24-34)35-27)30-22-28(16-14-12-10-8-6-4-2)37-32(30)36-26-19-17-25(23-33)18-20-26/h17-22,24H,3-16H2,1-2H3. The highest BCUT2D eigenvalue weighted by molar-refractivity contribution is 8.01. The van der Waals surface area contributed by atoms with Gasteiger partial charge in [-0.25, -0.2) is 0 Å². The Labute approximate surface area is 236 Å². The topological polar surface area (TPSA) is 40.9 Å². The SMILES string of the molecule is CCCCCCCCc1cc(-c2cc(CCCCCCCC)sc2Sc2ccc(C#N)cc2)c(C=O)s1. The van der Waals surface area contributed by atoms with E-state index < -0.39 is 0 Å². The highest BCUT2D eigenvalue weighted by Gasteiger charge is 2.18. The Morgan fingerprint density at radius 2 is 1.30 bits per heavy atom. The van der Waals surface area contributed by atoms with Crippen LogP contribution in [-0.2, 0) is 12.8 Å². The molecular weight excluding hydrogens is 511 g/mol. The Morgan fingerprint density at radius 1 is 0.757 bits per heavy atom. The van der Waals surface area contributed by atoms with E-state index in [1.807, 2.05) is 35.6 Å². The second-order valence-electron chi connectivity index (χ2n) is 9.80. The van der Waals surface area contributed by atoms with Crippen molar-refractivity contribution in [1.29, 1.82) is 5.26 Å². The van der Waals surface area contributed by atoms with Crippen molar-refractivity contribution in [2.75, 3.05) is 0 Å². The van der Waals surface area contributed by atoms with Gasteiger partial charge in [0.1, 0.15) is 0 Å². The average Bonchev–Trinajstić information content (AvgIpc) is 3.52. The van der Waals surface area contributed by atoms with E-state index in [9.17, 15) is 4.79 Å². The molecule has 3 rings (SSSR count). The molecule has 2 heterocycles. The number of benzene rings is 1. The number of thiophene rings is 2. The van der Waals surface area contributed by atoms with Crippen LogP contribution in [0.15, 0.2) is 45.5 Å². The van der Waals surface area contributed by atoms with Gasteiger partial charge in [0.15, 0.2) is 6.29 Å². The fourth-order valence-electron chi connectivity index (χ4n) is 4.55. The number of hydrogen-bond donors (Lipinski definition) is 0. The van der Waals surface area contributed by atoms with Gasteiger partial charge in [-0.1, -0.05) is 89.8 Å². The Morgan fingerprint density at radius 3 is 1.86 bits per heavy atom. The Kier molecular flexibility index (Phi) is 13.5. The summed E-state index contributed by atoms with van der Waals surface area (Å²) in [7, 11) is 0. The molecule has 0 N–H and O–H groups in total. The molecular formula is C32H41NOS3. The second-order valence-corrected chi connectivity index (χ2v) is 13.4. The first-order valence-corrected chi connectivity index (χ1v) is 16.5. The normalized spacial score (nSPS) is 11.1. The van der Waals surface area contributed by atoms with Crippen molar-refractivity contribution in [3.8, 4) is 17.2 Å². The minimum Gasteiger partial charge on any atom is -0.297 e. The molecule has 1 aromatic carbocycles. The maximum atomic E-state index is 12.1. The van der Waals surface area contributed by atoms with E-state index in [4.69, 9.17) is 5.26 Å². The van der Waals surface area contributed by atoms with Crippen molar-refractivity contribution in [2.45, 2.75) is 113 Å². The number of hydrogen-bond acceptors (Lipinski definition) is 5. The predicted molar refractivity (Wildman–Crippen MR) is 162 cm³/mol. The third-order valence-corrected chi connectivity index (χ3v) is 10.2. The van der Waals surface area contributed by atoms with Gasteiger partial charge < -0.3 is 0 Å². The molecule has 0 aliphatic carbocycles. The van der Waals surface area contributed by atoms with Crippen molar-refractivity contribution >= 4 is 40.7 Å². The third-order valence-electron chi connectivity index (χ3n) is 6.71. The minimum atomic E-state index is 0.680. The van der Waals surface area contributed by atoms with Gasteiger partial charge in [-0.2, -0.15) is 5.26 Å². The zero-order chi connectivity index (χ0) is 26.3. The summed E-state index contributed by atoms with van der Waals surface area (Å²) in [6.45, 7) is 4.52. The van der Waals surface area contributed by atoms with Crippen molar-refractivity contribution in [2.24, 2.45) is 0 Å². The number of carbonyl (C=O) groups excluding carboxylic acids is 1. The van der Waals surface area contributed by atoms with Gasteiger partial charge in [0.05, 0.1) is 20.7 Å². The summed E-state index contributed by atoms with van der Waals surface area (Å²) in [4.78, 5) is 16.8. The first-order valence-electron chi connectivity index (χ1n) is 14.1. The van der Waals surface area contributed by atoms with Crippen molar-refractivity contribution < 1.29 is 4.79 Å². The van der Waals surface area contributed by atoms with Crippen LogP contribution in [0.1, 0.15) is 116 Å². The van der Waals surface area contributed by atoms with Gasteiger partial charge in [-0.15, -0.1) is 22.7 Å². The molecule has 3 aromatic rings. The van der Waals surface area contributed by atoms with Gasteiger partial charge in [0.25, 0.3) is 0 Å². The maximum absolute atomic E-state index is 12.1. The van der Waals surface area contributed by atoms with E-state index in [0.29, 0.717) is 5.56 Å². The quantitative estimate of drug-likeness (QED) is 0.117. The first kappa shape index (κ1) is 29.7. The number of nitriles is 1. The van der Waals surface area contributed by atoms with Crippen molar-refractivity contribution in [3.05, 3.63) is 56.6 Å². The Bertz CT molecular complexity index is 1120. The lowest BCUT2D eigenvalue weighted by Gasteiger charge is -2.03. The molecule has 0 bridgehead atoms. The minimum absolute atomic E-state index is 0.680. The molecule has 0 saturated carbocycles. The molecule has 2 nitrogen and oxygen atoms in total. The van der Waals surface area contributed by atoms with Crippen molar-refractivity contribution in [1.82, 2.24) is 0 Å². The number of aryl methyl sites for hydroxylation is 2. The van der Waals surface area contributed by atoms with E-state index in [2.05, 4.69) is 32.0 Å². The number of carbonyl (C=O) groups is 1. The summed E-state index contributed by atoms with van der Waals surface area (Å²) in [6.07, 6.45) is 18.7. The zero-order valence-electron chi connectivity index (χ0n) is 22.5. The summed E-state index contributed by atoms with van der Waals surface area (Å²) in [6, 6.07) is 14.6. The van der Waals surface area contributed by atoms with E-state index in [1.165, 1.54) is 96.6 Å². The fourth-order valence-corrected chi connectivity index (χ4v) is 8.07. The smallest absolute Gasteiger partial charge is 0.160 e. The van der Waals surface area contributed by atoms with E-state index in [1.54, 1.807) is 23.1 Å². The second kappa shape index (κ2) is 16.9. The summed E-state index contributed by atoms with van der Waals surface area (Å²) in [5, 5.41) is 9.15. The molecule has 0 radical (unpaired) electrons. The number of aldehydes is 1. The van der Waals surface area contributed by atoms with Crippen LogP contribution in [0.4, 0.5) is 0 Å². The molecule has 0 aliphatic rings. The van der Waals surface area contributed by atoms with E-state index in [0.717, 1.165) is 34.5 Å². The van der Waals surface area contributed by atoms with Gasteiger partial charge in [-0.3, -0.25) is 4.79 Å². The average molecular weight is 552 g/mol. The molecule has 0 unspecified atom stereocenters. The van der Waals surface area contributed by atoms with Gasteiger partial charge >= 0.3 is 0 Å². The Hall–Kier alpha value is -1.87. The zero-order valence-corrected chi connectivity index (χ0v) is 25.0. The van der Waals surface area contributed by atoms with E-state index in [-0.39, 0.29) is 0 Å². The van der Waals surface area contributed by atoms with Crippen molar-refractivity contribution in [3.63, 3.8) is 0 Å². The predicted octanol–water partition coefficient (Wildman–Crippen LogP) is 11.1. The van der Waals surface area contributed by atoms with Crippen LogP contribution in [0.5, 0.6) is 0 Å². The van der Waals surface area contributed by atoms with Crippen LogP contribution in [0.3, 0.4) is 0 Å². The fraction of sp³-hybridized carbons (Fsp3) is 0.500. The largest absolute Gasteiger partial charge is 0.297 e. The molecule has 37 heavy (non-hydrogen) atoms. The lowest BCUT2D eigenvalue weighted by Crippen LogP contribution is -1.83. The number of nitrogens with zero attached hydrogens (tertiary/aromatic N) is 1. The lowest BCUT2D eigenvalue weighted by atomic mass is 10.1. The van der Waals surface area contributed by atoms with Crippen LogP contribution in [-0.4, -0.2) is 6.29 Å². The molecule has 5 heteroatoms.